The highest BCUT2D eigenvalue weighted by Gasteiger charge is 2.15. The van der Waals surface area contributed by atoms with E-state index < -0.39 is 0 Å². The Morgan fingerprint density at radius 1 is 1.33 bits per heavy atom. The number of nitrogens with one attached hydrogen (secondary N) is 1. The van der Waals surface area contributed by atoms with E-state index in [2.05, 4.69) is 10.4 Å². The molecule has 0 saturated heterocycles. The molecule has 18 heavy (non-hydrogen) atoms. The molecule has 1 aromatic carbocycles. The summed E-state index contributed by atoms with van der Waals surface area (Å²) >= 11 is 5.74. The summed E-state index contributed by atoms with van der Waals surface area (Å²) in [6, 6.07) is 7.78. The molecule has 2 rings (SSSR count). The minimum absolute atomic E-state index is 0.294. The fourth-order valence-electron chi connectivity index (χ4n) is 1.85. The molecule has 0 fully saturated rings. The molecule has 2 aromatic rings. The third-order valence-electron chi connectivity index (χ3n) is 2.80. The summed E-state index contributed by atoms with van der Waals surface area (Å²) in [5, 5.41) is 0.408. The first-order valence-electron chi connectivity index (χ1n) is 5.45. The van der Waals surface area contributed by atoms with Gasteiger partial charge >= 0.3 is 0 Å². The van der Waals surface area contributed by atoms with Crippen molar-refractivity contribution in [2.24, 2.45) is 5.84 Å². The van der Waals surface area contributed by atoms with Gasteiger partial charge in [-0.05, 0) is 41.8 Å². The summed E-state index contributed by atoms with van der Waals surface area (Å²) in [6.07, 6.45) is 1.62. The number of nitrogens with zero attached hydrogens (tertiary/aromatic N) is 1. The molecule has 0 spiro atoms. The number of halogens is 2. The van der Waals surface area contributed by atoms with Crippen molar-refractivity contribution >= 4 is 11.6 Å². The molecule has 1 aromatic heterocycles. The number of benzene rings is 1. The number of rotatable bonds is 3. The van der Waals surface area contributed by atoms with Gasteiger partial charge < -0.3 is 0 Å². The van der Waals surface area contributed by atoms with Crippen molar-refractivity contribution in [3.05, 3.63) is 64.2 Å². The number of hydrazine groups is 1. The number of nitrogens with two attached hydrogens (primary N) is 1. The van der Waals surface area contributed by atoms with E-state index >= 15 is 0 Å². The van der Waals surface area contributed by atoms with Crippen molar-refractivity contribution in [2.45, 2.75) is 13.0 Å². The maximum absolute atomic E-state index is 13.3. The van der Waals surface area contributed by atoms with Crippen LogP contribution in [0.5, 0.6) is 0 Å². The van der Waals surface area contributed by atoms with Crippen LogP contribution in [-0.2, 0) is 0 Å². The molecule has 5 heteroatoms. The number of pyridine rings is 1. The van der Waals surface area contributed by atoms with E-state index in [9.17, 15) is 4.39 Å². The van der Waals surface area contributed by atoms with Crippen LogP contribution in [0.3, 0.4) is 0 Å². The Morgan fingerprint density at radius 3 is 2.72 bits per heavy atom. The molecule has 3 nitrogen and oxygen atoms in total. The fourth-order valence-corrected chi connectivity index (χ4v) is 1.96. The summed E-state index contributed by atoms with van der Waals surface area (Å²) in [5.41, 5.74) is 5.23. The van der Waals surface area contributed by atoms with Gasteiger partial charge in [-0.2, -0.15) is 0 Å². The van der Waals surface area contributed by atoms with E-state index in [0.717, 1.165) is 16.7 Å². The predicted molar refractivity (Wildman–Crippen MR) is 69.6 cm³/mol. The minimum Gasteiger partial charge on any atom is -0.271 e. The quantitative estimate of drug-likeness (QED) is 0.510. The number of hydrogen-bond donors (Lipinski definition) is 2. The highest BCUT2D eigenvalue weighted by atomic mass is 35.5. The van der Waals surface area contributed by atoms with Gasteiger partial charge in [-0.1, -0.05) is 23.7 Å². The van der Waals surface area contributed by atoms with Gasteiger partial charge in [0.1, 0.15) is 11.0 Å². The maximum Gasteiger partial charge on any atom is 0.129 e. The van der Waals surface area contributed by atoms with Crippen molar-refractivity contribution in [3.8, 4) is 0 Å². The highest BCUT2D eigenvalue weighted by molar-refractivity contribution is 6.29. The van der Waals surface area contributed by atoms with Crippen molar-refractivity contribution in [1.82, 2.24) is 10.4 Å². The predicted octanol–water partition coefficient (Wildman–Crippen LogP) is 2.74. The van der Waals surface area contributed by atoms with E-state index in [1.807, 2.05) is 13.0 Å². The van der Waals surface area contributed by atoms with Gasteiger partial charge in [-0.25, -0.2) is 14.8 Å². The Hall–Kier alpha value is -1.49. The molecule has 94 valence electrons. The molecular formula is C13H13ClFN3. The minimum atomic E-state index is -0.314. The van der Waals surface area contributed by atoms with Crippen LogP contribution in [-0.4, -0.2) is 4.98 Å². The molecule has 3 N–H and O–H groups in total. The van der Waals surface area contributed by atoms with Gasteiger partial charge in [0.05, 0.1) is 6.04 Å². The SMILES string of the molecule is Cc1ccc(F)cc1C(NN)c1ccc(Cl)nc1. The van der Waals surface area contributed by atoms with Crippen LogP contribution in [0, 0.1) is 12.7 Å². The average molecular weight is 266 g/mol. The second kappa shape index (κ2) is 5.44. The van der Waals surface area contributed by atoms with Gasteiger partial charge in [0.2, 0.25) is 0 Å². The van der Waals surface area contributed by atoms with Crippen LogP contribution >= 0.6 is 11.6 Å². The van der Waals surface area contributed by atoms with Crippen LogP contribution in [0.2, 0.25) is 5.15 Å². The van der Waals surface area contributed by atoms with E-state index in [4.69, 9.17) is 17.4 Å². The topological polar surface area (TPSA) is 50.9 Å². The van der Waals surface area contributed by atoms with Crippen molar-refractivity contribution in [3.63, 3.8) is 0 Å². The summed E-state index contributed by atoms with van der Waals surface area (Å²) in [5.74, 6) is 5.27. The van der Waals surface area contributed by atoms with Crippen molar-refractivity contribution in [2.75, 3.05) is 0 Å². The lowest BCUT2D eigenvalue weighted by atomic mass is 9.96. The molecule has 0 aliphatic rings. The van der Waals surface area contributed by atoms with E-state index in [1.165, 1.54) is 12.1 Å². The summed E-state index contributed by atoms with van der Waals surface area (Å²) in [4.78, 5) is 4.00. The first kappa shape index (κ1) is 13.0. The van der Waals surface area contributed by atoms with E-state index in [-0.39, 0.29) is 11.9 Å². The van der Waals surface area contributed by atoms with Crippen molar-refractivity contribution < 1.29 is 4.39 Å². The molecule has 0 radical (unpaired) electrons. The third kappa shape index (κ3) is 2.67. The smallest absolute Gasteiger partial charge is 0.129 e. The van der Waals surface area contributed by atoms with Crippen LogP contribution in [0.1, 0.15) is 22.7 Å². The van der Waals surface area contributed by atoms with Crippen LogP contribution in [0.4, 0.5) is 4.39 Å². The maximum atomic E-state index is 13.3. The fraction of sp³-hybridized carbons (Fsp3) is 0.154. The summed E-state index contributed by atoms with van der Waals surface area (Å²) in [6.45, 7) is 1.91. The van der Waals surface area contributed by atoms with Crippen LogP contribution in [0.25, 0.3) is 0 Å². The molecular weight excluding hydrogens is 253 g/mol. The number of aromatic nitrogens is 1. The molecule has 0 aliphatic heterocycles. The number of aryl methyl sites for hydroxylation is 1. The number of hydrogen-bond acceptors (Lipinski definition) is 3. The van der Waals surface area contributed by atoms with Gasteiger partial charge in [-0.15, -0.1) is 0 Å². The van der Waals surface area contributed by atoms with Gasteiger partial charge in [0, 0.05) is 6.20 Å². The summed E-state index contributed by atoms with van der Waals surface area (Å²) < 4.78 is 13.3. The Bertz CT molecular complexity index is 542. The monoisotopic (exact) mass is 265 g/mol. The zero-order chi connectivity index (χ0) is 13.1. The lowest BCUT2D eigenvalue weighted by molar-refractivity contribution is 0.602. The standard InChI is InChI=1S/C13H13ClFN3/c1-8-2-4-10(15)6-11(8)13(18-16)9-3-5-12(14)17-7-9/h2-7,13,18H,16H2,1H3. The largest absolute Gasteiger partial charge is 0.271 e. The highest BCUT2D eigenvalue weighted by Crippen LogP contribution is 2.25. The zero-order valence-electron chi connectivity index (χ0n) is 9.82. The van der Waals surface area contributed by atoms with Gasteiger partial charge in [-0.3, -0.25) is 5.84 Å². The molecule has 1 unspecified atom stereocenters. The molecule has 1 heterocycles. The van der Waals surface area contributed by atoms with Gasteiger partial charge in [0.25, 0.3) is 0 Å². The first-order chi connectivity index (χ1) is 8.61. The average Bonchev–Trinajstić information content (AvgIpc) is 2.37. The molecule has 0 bridgehead atoms. The molecule has 0 saturated carbocycles. The van der Waals surface area contributed by atoms with Gasteiger partial charge in [0.15, 0.2) is 0 Å². The summed E-state index contributed by atoms with van der Waals surface area (Å²) in [7, 11) is 0. The van der Waals surface area contributed by atoms with E-state index in [1.54, 1.807) is 18.3 Å². The molecule has 0 amide bonds. The third-order valence-corrected chi connectivity index (χ3v) is 3.03. The zero-order valence-corrected chi connectivity index (χ0v) is 10.6. The normalized spacial score (nSPS) is 12.4. The van der Waals surface area contributed by atoms with Crippen LogP contribution < -0.4 is 11.3 Å². The van der Waals surface area contributed by atoms with E-state index in [0.29, 0.717) is 5.15 Å². The Labute approximate surface area is 110 Å². The van der Waals surface area contributed by atoms with Crippen molar-refractivity contribution in [1.29, 1.82) is 0 Å². The lowest BCUT2D eigenvalue weighted by Crippen LogP contribution is -2.29. The molecule has 0 aliphatic carbocycles. The second-order valence-electron chi connectivity index (χ2n) is 4.01. The molecule has 1 atom stereocenters. The Kier molecular flexibility index (Phi) is 3.91. The lowest BCUT2D eigenvalue weighted by Gasteiger charge is -2.18. The first-order valence-corrected chi connectivity index (χ1v) is 5.83. The van der Waals surface area contributed by atoms with Crippen LogP contribution in [0.15, 0.2) is 36.5 Å². The Balaban J connectivity index is 2.44. The second-order valence-corrected chi connectivity index (χ2v) is 4.40. The Morgan fingerprint density at radius 2 is 2.11 bits per heavy atom.